The summed E-state index contributed by atoms with van der Waals surface area (Å²) in [7, 11) is 0. The van der Waals surface area contributed by atoms with Crippen molar-refractivity contribution < 1.29 is 13.5 Å². The standard InChI is InChI=1S/C27H24F2N2O2/c1-17-26(30-23-7-5-6-21(28)25(23)27(17)32)18-8-13-24(22(29)16-18)33-20-11-9-19(10-12-20)31-14-3-2-4-15-31/h5-13,16H,2-4,14-15H2,1H3,(H,30,32). The van der Waals surface area contributed by atoms with Crippen molar-refractivity contribution in [1.82, 2.24) is 4.98 Å². The first kappa shape index (κ1) is 21.2. The molecule has 0 saturated carbocycles. The molecule has 1 aliphatic heterocycles. The number of aromatic nitrogens is 1. The monoisotopic (exact) mass is 446 g/mol. The smallest absolute Gasteiger partial charge is 0.195 e. The lowest BCUT2D eigenvalue weighted by Gasteiger charge is -2.28. The van der Waals surface area contributed by atoms with Crippen molar-refractivity contribution in [3.05, 3.63) is 88.1 Å². The Kier molecular flexibility index (Phi) is 5.58. The van der Waals surface area contributed by atoms with Gasteiger partial charge in [-0.05, 0) is 80.8 Å². The molecule has 0 aliphatic carbocycles. The van der Waals surface area contributed by atoms with Gasteiger partial charge >= 0.3 is 0 Å². The summed E-state index contributed by atoms with van der Waals surface area (Å²) in [4.78, 5) is 18.1. The van der Waals surface area contributed by atoms with E-state index in [4.69, 9.17) is 4.74 Å². The zero-order chi connectivity index (χ0) is 22.9. The van der Waals surface area contributed by atoms with Gasteiger partial charge in [0.15, 0.2) is 17.0 Å². The fourth-order valence-electron chi connectivity index (χ4n) is 4.42. The maximum absolute atomic E-state index is 14.9. The second kappa shape index (κ2) is 8.70. The molecule has 0 spiro atoms. The van der Waals surface area contributed by atoms with Crippen molar-refractivity contribution >= 4 is 16.6 Å². The van der Waals surface area contributed by atoms with E-state index in [9.17, 15) is 13.6 Å². The van der Waals surface area contributed by atoms with Gasteiger partial charge in [-0.2, -0.15) is 0 Å². The fraction of sp³-hybridized carbons (Fsp3) is 0.222. The van der Waals surface area contributed by atoms with Crippen LogP contribution in [0.2, 0.25) is 0 Å². The normalized spacial score (nSPS) is 14.0. The number of ether oxygens (including phenoxy) is 1. The number of hydrogen-bond acceptors (Lipinski definition) is 3. The summed E-state index contributed by atoms with van der Waals surface area (Å²) in [5, 5.41) is 0.00664. The second-order valence-corrected chi connectivity index (χ2v) is 8.41. The minimum absolute atomic E-state index is 0.00664. The van der Waals surface area contributed by atoms with Crippen molar-refractivity contribution in [2.45, 2.75) is 26.2 Å². The maximum Gasteiger partial charge on any atom is 0.195 e. The van der Waals surface area contributed by atoms with E-state index in [-0.39, 0.29) is 11.1 Å². The van der Waals surface area contributed by atoms with E-state index in [0.717, 1.165) is 18.8 Å². The lowest BCUT2D eigenvalue weighted by atomic mass is 10.0. The minimum atomic E-state index is -0.579. The van der Waals surface area contributed by atoms with Crippen LogP contribution in [0, 0.1) is 18.6 Å². The summed E-state index contributed by atoms with van der Waals surface area (Å²) >= 11 is 0. The molecule has 4 aromatic rings. The molecule has 1 aromatic heterocycles. The van der Waals surface area contributed by atoms with Crippen molar-refractivity contribution in [3.63, 3.8) is 0 Å². The van der Waals surface area contributed by atoms with Crippen molar-refractivity contribution in [1.29, 1.82) is 0 Å². The molecular weight excluding hydrogens is 422 g/mol. The quantitative estimate of drug-likeness (QED) is 0.386. The van der Waals surface area contributed by atoms with Crippen molar-refractivity contribution in [3.8, 4) is 22.8 Å². The molecule has 1 fully saturated rings. The number of benzene rings is 3. The van der Waals surface area contributed by atoms with Gasteiger partial charge in [0.25, 0.3) is 0 Å². The number of nitrogens with one attached hydrogen (secondary N) is 1. The van der Waals surface area contributed by atoms with Gasteiger partial charge in [0.05, 0.1) is 16.6 Å². The highest BCUT2D eigenvalue weighted by molar-refractivity contribution is 5.83. The molecule has 0 unspecified atom stereocenters. The average molecular weight is 446 g/mol. The van der Waals surface area contributed by atoms with E-state index < -0.39 is 17.1 Å². The number of rotatable bonds is 4. The Labute approximate surface area is 190 Å². The van der Waals surface area contributed by atoms with Gasteiger partial charge < -0.3 is 14.6 Å². The van der Waals surface area contributed by atoms with Crippen LogP contribution in [0.3, 0.4) is 0 Å². The number of anilines is 1. The first-order valence-electron chi connectivity index (χ1n) is 11.1. The van der Waals surface area contributed by atoms with E-state index in [2.05, 4.69) is 9.88 Å². The van der Waals surface area contributed by atoms with Gasteiger partial charge in [-0.3, -0.25) is 4.79 Å². The second-order valence-electron chi connectivity index (χ2n) is 8.41. The Balaban J connectivity index is 1.41. The first-order valence-corrected chi connectivity index (χ1v) is 11.1. The lowest BCUT2D eigenvalue weighted by molar-refractivity contribution is 0.442. The summed E-state index contributed by atoms with van der Waals surface area (Å²) in [5.41, 5.74) is 2.37. The predicted octanol–water partition coefficient (Wildman–Crippen LogP) is 6.56. The van der Waals surface area contributed by atoms with Gasteiger partial charge in [0, 0.05) is 29.9 Å². The van der Waals surface area contributed by atoms with Gasteiger partial charge in [0.2, 0.25) is 0 Å². The molecule has 0 atom stereocenters. The Morgan fingerprint density at radius 2 is 1.67 bits per heavy atom. The van der Waals surface area contributed by atoms with Crippen LogP contribution >= 0.6 is 0 Å². The number of pyridine rings is 1. The number of aromatic amines is 1. The molecule has 0 bridgehead atoms. The third-order valence-corrected chi connectivity index (χ3v) is 6.22. The van der Waals surface area contributed by atoms with Crippen LogP contribution in [0.1, 0.15) is 24.8 Å². The number of hydrogen-bond donors (Lipinski definition) is 1. The molecule has 33 heavy (non-hydrogen) atoms. The maximum atomic E-state index is 14.9. The van der Waals surface area contributed by atoms with Gasteiger partial charge in [-0.1, -0.05) is 6.07 Å². The van der Waals surface area contributed by atoms with Crippen LogP contribution in [0.15, 0.2) is 65.5 Å². The number of nitrogens with zero attached hydrogens (tertiary/aromatic N) is 1. The van der Waals surface area contributed by atoms with Gasteiger partial charge in [-0.25, -0.2) is 8.78 Å². The Hall–Kier alpha value is -3.67. The minimum Gasteiger partial charge on any atom is -0.454 e. The Morgan fingerprint density at radius 3 is 2.39 bits per heavy atom. The summed E-state index contributed by atoms with van der Waals surface area (Å²) in [6.07, 6.45) is 3.68. The summed E-state index contributed by atoms with van der Waals surface area (Å²) in [6.45, 7) is 3.71. The third-order valence-electron chi connectivity index (χ3n) is 6.22. The van der Waals surface area contributed by atoms with Crippen LogP contribution in [0.5, 0.6) is 11.5 Å². The van der Waals surface area contributed by atoms with Crippen LogP contribution in [-0.4, -0.2) is 18.1 Å². The van der Waals surface area contributed by atoms with Crippen LogP contribution in [0.25, 0.3) is 22.2 Å². The number of halogens is 2. The highest BCUT2D eigenvalue weighted by Crippen LogP contribution is 2.31. The summed E-state index contributed by atoms with van der Waals surface area (Å²) < 4.78 is 34.8. The SMILES string of the molecule is Cc1c(-c2ccc(Oc3ccc(N4CCCCC4)cc3)c(F)c2)[nH]c2cccc(F)c2c1=O. The average Bonchev–Trinajstić information content (AvgIpc) is 2.83. The lowest BCUT2D eigenvalue weighted by Crippen LogP contribution is -2.29. The van der Waals surface area contributed by atoms with Gasteiger partial charge in [-0.15, -0.1) is 0 Å². The van der Waals surface area contributed by atoms with Crippen LogP contribution in [0.4, 0.5) is 14.5 Å². The molecule has 3 aromatic carbocycles. The molecule has 1 aliphatic rings. The Bertz CT molecular complexity index is 1370. The highest BCUT2D eigenvalue weighted by Gasteiger charge is 2.16. The van der Waals surface area contributed by atoms with E-state index in [0.29, 0.717) is 28.1 Å². The first-order chi connectivity index (χ1) is 16.0. The molecule has 0 amide bonds. The summed E-state index contributed by atoms with van der Waals surface area (Å²) in [6, 6.07) is 16.6. The van der Waals surface area contributed by atoms with Crippen molar-refractivity contribution in [2.75, 3.05) is 18.0 Å². The summed E-state index contributed by atoms with van der Waals surface area (Å²) in [5.74, 6) is -0.485. The fourth-order valence-corrected chi connectivity index (χ4v) is 4.42. The number of piperidine rings is 1. The zero-order valence-electron chi connectivity index (χ0n) is 18.3. The van der Waals surface area contributed by atoms with Gasteiger partial charge in [0.1, 0.15) is 11.6 Å². The zero-order valence-corrected chi connectivity index (χ0v) is 18.3. The topological polar surface area (TPSA) is 45.3 Å². The highest BCUT2D eigenvalue weighted by atomic mass is 19.1. The predicted molar refractivity (Wildman–Crippen MR) is 127 cm³/mol. The third kappa shape index (κ3) is 4.09. The van der Waals surface area contributed by atoms with E-state index in [1.807, 2.05) is 24.3 Å². The molecule has 4 nitrogen and oxygen atoms in total. The molecule has 5 rings (SSSR count). The van der Waals surface area contributed by atoms with E-state index in [1.165, 1.54) is 43.5 Å². The molecule has 1 saturated heterocycles. The molecular formula is C27H24F2N2O2. The van der Waals surface area contributed by atoms with Crippen molar-refractivity contribution in [2.24, 2.45) is 0 Å². The largest absolute Gasteiger partial charge is 0.454 e. The molecule has 168 valence electrons. The Morgan fingerprint density at radius 1 is 0.909 bits per heavy atom. The van der Waals surface area contributed by atoms with E-state index >= 15 is 0 Å². The van der Waals surface area contributed by atoms with E-state index in [1.54, 1.807) is 19.1 Å². The number of fused-ring (bicyclic) bond motifs is 1. The van der Waals surface area contributed by atoms with Crippen LogP contribution < -0.4 is 15.1 Å². The molecule has 0 radical (unpaired) electrons. The van der Waals surface area contributed by atoms with Crippen LogP contribution in [-0.2, 0) is 0 Å². The number of H-pyrrole nitrogens is 1. The molecule has 6 heteroatoms. The molecule has 1 N–H and O–H groups in total. The molecule has 2 heterocycles.